The normalized spacial score (nSPS) is 19.2. The number of aromatic nitrogens is 2. The Labute approximate surface area is 113 Å². The van der Waals surface area contributed by atoms with Crippen LogP contribution in [-0.4, -0.2) is 22.6 Å². The molecule has 1 aliphatic rings. The lowest BCUT2D eigenvalue weighted by Gasteiger charge is -2.17. The van der Waals surface area contributed by atoms with Gasteiger partial charge in [0.15, 0.2) is 5.82 Å². The minimum Gasteiger partial charge on any atom is -0.343 e. The molecule has 0 N–H and O–H groups in total. The van der Waals surface area contributed by atoms with E-state index in [-0.39, 0.29) is 23.9 Å². The van der Waals surface area contributed by atoms with Gasteiger partial charge in [0.1, 0.15) is 5.82 Å². The Hall–Kier alpha value is -1.95. The number of nitrogens with zero attached hydrogens (tertiary/aromatic N) is 3. The maximum absolute atomic E-state index is 13.8. The second kappa shape index (κ2) is 4.62. The fourth-order valence-corrected chi connectivity index (χ4v) is 2.33. The molecular formula is C12H9ClFN3O2. The Bertz CT molecular complexity index is 617. The lowest BCUT2D eigenvalue weighted by atomic mass is 10.1. The van der Waals surface area contributed by atoms with Crippen LogP contribution in [0.5, 0.6) is 0 Å². The molecule has 5 nitrogen and oxygen atoms in total. The standard InChI is InChI=1S/C12H9ClFN3O2/c13-8-1-2-9(14)10(4-8)17-5-7(3-11(17)18)12-15-6-19-16-12/h1-2,4,6-7H,3,5H2. The van der Waals surface area contributed by atoms with E-state index < -0.39 is 5.82 Å². The van der Waals surface area contributed by atoms with E-state index in [9.17, 15) is 9.18 Å². The SMILES string of the molecule is O=C1CC(c2ncon2)CN1c1cc(Cl)ccc1F. The monoisotopic (exact) mass is 281 g/mol. The molecule has 1 saturated heterocycles. The van der Waals surface area contributed by atoms with Crippen LogP contribution in [0.25, 0.3) is 0 Å². The molecule has 19 heavy (non-hydrogen) atoms. The van der Waals surface area contributed by atoms with Crippen LogP contribution < -0.4 is 4.90 Å². The summed E-state index contributed by atoms with van der Waals surface area (Å²) >= 11 is 5.83. The van der Waals surface area contributed by atoms with Crippen LogP contribution in [-0.2, 0) is 4.79 Å². The predicted octanol–water partition coefficient (Wildman–Crippen LogP) is 2.38. The van der Waals surface area contributed by atoms with Crippen LogP contribution in [0.4, 0.5) is 10.1 Å². The largest absolute Gasteiger partial charge is 0.343 e. The van der Waals surface area contributed by atoms with Gasteiger partial charge in [0.05, 0.1) is 5.69 Å². The zero-order valence-electron chi connectivity index (χ0n) is 9.72. The Morgan fingerprint density at radius 1 is 1.47 bits per heavy atom. The molecule has 1 aromatic heterocycles. The van der Waals surface area contributed by atoms with Crippen molar-refractivity contribution in [2.75, 3.05) is 11.4 Å². The fraction of sp³-hybridized carbons (Fsp3) is 0.250. The molecule has 1 unspecified atom stereocenters. The highest BCUT2D eigenvalue weighted by molar-refractivity contribution is 6.31. The lowest BCUT2D eigenvalue weighted by molar-refractivity contribution is -0.117. The molecule has 7 heteroatoms. The number of rotatable bonds is 2. The topological polar surface area (TPSA) is 59.2 Å². The molecule has 1 aromatic carbocycles. The van der Waals surface area contributed by atoms with Gasteiger partial charge >= 0.3 is 0 Å². The fourth-order valence-electron chi connectivity index (χ4n) is 2.16. The maximum atomic E-state index is 13.8. The van der Waals surface area contributed by atoms with Gasteiger partial charge in [-0.15, -0.1) is 0 Å². The number of amides is 1. The Kier molecular flexibility index (Phi) is 2.94. The quantitative estimate of drug-likeness (QED) is 0.848. The van der Waals surface area contributed by atoms with Crippen molar-refractivity contribution >= 4 is 23.2 Å². The summed E-state index contributed by atoms with van der Waals surface area (Å²) in [6.07, 6.45) is 1.44. The maximum Gasteiger partial charge on any atom is 0.227 e. The van der Waals surface area contributed by atoms with Gasteiger partial charge in [0, 0.05) is 23.9 Å². The average Bonchev–Trinajstić information content (AvgIpc) is 3.01. The van der Waals surface area contributed by atoms with E-state index in [0.717, 1.165) is 0 Å². The Morgan fingerprint density at radius 2 is 2.32 bits per heavy atom. The Morgan fingerprint density at radius 3 is 3.05 bits per heavy atom. The predicted molar refractivity (Wildman–Crippen MR) is 65.4 cm³/mol. The third-order valence-corrected chi connectivity index (χ3v) is 3.30. The van der Waals surface area contributed by atoms with Crippen LogP contribution in [0.3, 0.4) is 0 Å². The Balaban J connectivity index is 1.90. The van der Waals surface area contributed by atoms with Gasteiger partial charge in [-0.3, -0.25) is 4.79 Å². The summed E-state index contributed by atoms with van der Waals surface area (Å²) in [4.78, 5) is 17.3. The molecule has 1 atom stereocenters. The molecule has 0 saturated carbocycles. The van der Waals surface area contributed by atoms with Gasteiger partial charge in [0.25, 0.3) is 0 Å². The first-order valence-corrected chi connectivity index (χ1v) is 6.04. The number of carbonyl (C=O) groups is 1. The van der Waals surface area contributed by atoms with Crippen molar-refractivity contribution in [1.29, 1.82) is 0 Å². The summed E-state index contributed by atoms with van der Waals surface area (Å²) < 4.78 is 18.4. The van der Waals surface area contributed by atoms with Crippen LogP contribution in [0, 0.1) is 5.82 Å². The van der Waals surface area contributed by atoms with Gasteiger partial charge in [0.2, 0.25) is 12.3 Å². The van der Waals surface area contributed by atoms with Crippen molar-refractivity contribution in [3.63, 3.8) is 0 Å². The molecule has 1 fully saturated rings. The van der Waals surface area contributed by atoms with Crippen molar-refractivity contribution < 1.29 is 13.7 Å². The van der Waals surface area contributed by atoms with Crippen molar-refractivity contribution in [1.82, 2.24) is 10.1 Å². The molecule has 0 aliphatic carbocycles. The number of benzene rings is 1. The van der Waals surface area contributed by atoms with E-state index in [1.54, 1.807) is 0 Å². The summed E-state index contributed by atoms with van der Waals surface area (Å²) in [5, 5.41) is 4.10. The zero-order valence-corrected chi connectivity index (χ0v) is 10.5. The van der Waals surface area contributed by atoms with Crippen LogP contribution in [0.1, 0.15) is 18.2 Å². The first-order chi connectivity index (χ1) is 9.15. The highest BCUT2D eigenvalue weighted by atomic mass is 35.5. The number of hydrogen-bond donors (Lipinski definition) is 0. The van der Waals surface area contributed by atoms with E-state index in [1.165, 1.54) is 29.5 Å². The van der Waals surface area contributed by atoms with E-state index in [2.05, 4.69) is 14.7 Å². The number of carbonyl (C=O) groups excluding carboxylic acids is 1. The van der Waals surface area contributed by atoms with E-state index >= 15 is 0 Å². The lowest BCUT2D eigenvalue weighted by Crippen LogP contribution is -2.25. The van der Waals surface area contributed by atoms with Crippen LogP contribution in [0.15, 0.2) is 29.1 Å². The van der Waals surface area contributed by atoms with Crippen LogP contribution in [0.2, 0.25) is 5.02 Å². The number of anilines is 1. The third kappa shape index (κ3) is 2.19. The molecular weight excluding hydrogens is 273 g/mol. The summed E-state index contributed by atoms with van der Waals surface area (Å²) in [6, 6.07) is 4.12. The first-order valence-electron chi connectivity index (χ1n) is 5.67. The first kappa shape index (κ1) is 12.1. The highest BCUT2D eigenvalue weighted by Gasteiger charge is 2.35. The number of halogens is 2. The molecule has 2 heterocycles. The molecule has 0 spiro atoms. The van der Waals surface area contributed by atoms with Gasteiger partial charge < -0.3 is 9.42 Å². The second-order valence-electron chi connectivity index (χ2n) is 4.29. The zero-order chi connectivity index (χ0) is 13.4. The molecule has 1 amide bonds. The van der Waals surface area contributed by atoms with Gasteiger partial charge in [-0.05, 0) is 18.2 Å². The van der Waals surface area contributed by atoms with E-state index in [4.69, 9.17) is 11.6 Å². The minimum absolute atomic E-state index is 0.184. The van der Waals surface area contributed by atoms with Crippen molar-refractivity contribution in [3.8, 4) is 0 Å². The summed E-state index contributed by atoms with van der Waals surface area (Å²) in [5.74, 6) is -0.398. The summed E-state index contributed by atoms with van der Waals surface area (Å²) in [5.41, 5.74) is 0.184. The van der Waals surface area contributed by atoms with Gasteiger partial charge in [-0.25, -0.2) is 4.39 Å². The molecule has 2 aromatic rings. The van der Waals surface area contributed by atoms with E-state index in [1.807, 2.05) is 0 Å². The molecule has 0 radical (unpaired) electrons. The smallest absolute Gasteiger partial charge is 0.227 e. The molecule has 98 valence electrons. The molecule has 3 rings (SSSR count). The summed E-state index contributed by atoms with van der Waals surface area (Å²) in [7, 11) is 0. The van der Waals surface area contributed by atoms with Gasteiger partial charge in [-0.1, -0.05) is 16.8 Å². The van der Waals surface area contributed by atoms with Crippen molar-refractivity contribution in [2.24, 2.45) is 0 Å². The van der Waals surface area contributed by atoms with E-state index in [0.29, 0.717) is 17.4 Å². The van der Waals surface area contributed by atoms with Crippen LogP contribution >= 0.6 is 11.6 Å². The minimum atomic E-state index is -0.480. The second-order valence-corrected chi connectivity index (χ2v) is 4.73. The van der Waals surface area contributed by atoms with Gasteiger partial charge in [-0.2, -0.15) is 4.98 Å². The highest BCUT2D eigenvalue weighted by Crippen LogP contribution is 2.32. The van der Waals surface area contributed by atoms with Crippen molar-refractivity contribution in [2.45, 2.75) is 12.3 Å². The van der Waals surface area contributed by atoms with Crippen molar-refractivity contribution in [3.05, 3.63) is 41.3 Å². The third-order valence-electron chi connectivity index (χ3n) is 3.07. The average molecular weight is 282 g/mol. The number of hydrogen-bond acceptors (Lipinski definition) is 4. The molecule has 1 aliphatic heterocycles. The summed E-state index contributed by atoms with van der Waals surface area (Å²) in [6.45, 7) is 0.315. The molecule has 0 bridgehead atoms.